The number of nitrogens with zero attached hydrogens (tertiary/aromatic N) is 3. The Hall–Kier alpha value is -2.92. The predicted molar refractivity (Wildman–Crippen MR) is 114 cm³/mol. The summed E-state index contributed by atoms with van der Waals surface area (Å²) >= 11 is 0. The Balaban J connectivity index is 1.63. The molecule has 3 aromatic rings. The van der Waals surface area contributed by atoms with Gasteiger partial charge >= 0.3 is 6.18 Å². The smallest absolute Gasteiger partial charge is 0.380 e. The number of aryl methyl sites for hydroxylation is 1. The molecule has 1 fully saturated rings. The summed E-state index contributed by atoms with van der Waals surface area (Å²) in [6.07, 6.45) is -1.72. The van der Waals surface area contributed by atoms with Gasteiger partial charge in [0.2, 0.25) is 0 Å². The Morgan fingerprint density at radius 1 is 1.18 bits per heavy atom. The van der Waals surface area contributed by atoms with Crippen LogP contribution in [0.25, 0.3) is 16.6 Å². The van der Waals surface area contributed by atoms with Gasteiger partial charge < -0.3 is 5.11 Å². The highest BCUT2D eigenvalue weighted by molar-refractivity contribution is 5.82. The zero-order chi connectivity index (χ0) is 23.4. The van der Waals surface area contributed by atoms with Gasteiger partial charge in [-0.2, -0.15) is 23.5 Å². The molecule has 0 radical (unpaired) electrons. The van der Waals surface area contributed by atoms with Gasteiger partial charge in [-0.3, -0.25) is 0 Å². The zero-order valence-corrected chi connectivity index (χ0v) is 17.9. The Morgan fingerprint density at radius 3 is 2.64 bits per heavy atom. The first-order chi connectivity index (χ1) is 15.7. The molecule has 8 heteroatoms. The van der Waals surface area contributed by atoms with E-state index in [-0.39, 0.29) is 25.1 Å². The highest BCUT2D eigenvalue weighted by Crippen LogP contribution is 2.57. The molecule has 0 saturated heterocycles. The van der Waals surface area contributed by atoms with Crippen molar-refractivity contribution in [3.05, 3.63) is 59.5 Å². The maximum Gasteiger partial charge on any atom is 0.417 e. The second-order valence-corrected chi connectivity index (χ2v) is 9.41. The van der Waals surface area contributed by atoms with Crippen LogP contribution in [-0.4, -0.2) is 26.7 Å². The molecule has 1 aromatic heterocycles. The van der Waals surface area contributed by atoms with E-state index in [9.17, 15) is 27.9 Å². The number of rotatable bonds is 2. The van der Waals surface area contributed by atoms with E-state index in [2.05, 4.69) is 11.2 Å². The summed E-state index contributed by atoms with van der Waals surface area (Å²) in [7, 11) is 0. The zero-order valence-electron chi connectivity index (χ0n) is 17.9. The summed E-state index contributed by atoms with van der Waals surface area (Å²) in [6.45, 7) is 0. The van der Waals surface area contributed by atoms with E-state index in [4.69, 9.17) is 0 Å². The highest BCUT2D eigenvalue weighted by Gasteiger charge is 2.60. The molecule has 4 nitrogen and oxygen atoms in total. The molecule has 2 aliphatic rings. The molecular formula is C25H23F4N3O. The number of halogens is 4. The lowest BCUT2D eigenvalue weighted by Crippen LogP contribution is -2.54. The van der Waals surface area contributed by atoms with E-state index in [0.29, 0.717) is 24.9 Å². The molecule has 0 spiro atoms. The Bertz CT molecular complexity index is 1240. The summed E-state index contributed by atoms with van der Waals surface area (Å²) in [5, 5.41) is 25.4. The lowest BCUT2D eigenvalue weighted by molar-refractivity contribution is -0.279. The van der Waals surface area contributed by atoms with Gasteiger partial charge in [-0.05, 0) is 92.0 Å². The fourth-order valence-corrected chi connectivity index (χ4v) is 5.91. The maximum absolute atomic E-state index is 13.6. The third-order valence-corrected chi connectivity index (χ3v) is 7.67. The largest absolute Gasteiger partial charge is 0.417 e. The first kappa shape index (κ1) is 21.9. The molecule has 0 bridgehead atoms. The van der Waals surface area contributed by atoms with Crippen molar-refractivity contribution in [2.24, 2.45) is 5.92 Å². The maximum atomic E-state index is 13.6. The fraction of sp³-hybridized carbons (Fsp3) is 0.440. The van der Waals surface area contributed by atoms with Crippen LogP contribution in [-0.2, 0) is 11.8 Å². The van der Waals surface area contributed by atoms with Crippen molar-refractivity contribution in [2.75, 3.05) is 0 Å². The first-order valence-electron chi connectivity index (χ1n) is 11.1. The minimum atomic E-state index is -4.69. The monoisotopic (exact) mass is 457 g/mol. The summed E-state index contributed by atoms with van der Waals surface area (Å²) in [6, 6.07) is 12.2. The van der Waals surface area contributed by atoms with Crippen molar-refractivity contribution < 1.29 is 22.7 Å². The average molecular weight is 457 g/mol. The normalized spacial score (nSPS) is 27.5. The summed E-state index contributed by atoms with van der Waals surface area (Å²) < 4.78 is 56.0. The molecule has 33 heavy (non-hydrogen) atoms. The van der Waals surface area contributed by atoms with E-state index in [0.717, 1.165) is 22.0 Å². The van der Waals surface area contributed by atoms with E-state index < -0.39 is 29.5 Å². The molecule has 3 atom stereocenters. The highest BCUT2D eigenvalue weighted by atomic mass is 19.4. The van der Waals surface area contributed by atoms with Crippen LogP contribution in [0.15, 0.2) is 42.6 Å². The van der Waals surface area contributed by atoms with Crippen LogP contribution in [0, 0.1) is 23.1 Å². The van der Waals surface area contributed by atoms with Crippen LogP contribution in [0.1, 0.15) is 49.7 Å². The number of benzene rings is 2. The summed E-state index contributed by atoms with van der Waals surface area (Å²) in [5.74, 6) is -0.784. The molecule has 2 aliphatic carbocycles. The van der Waals surface area contributed by atoms with Crippen LogP contribution in [0.2, 0.25) is 0 Å². The van der Waals surface area contributed by atoms with Crippen molar-refractivity contribution in [2.45, 2.75) is 62.1 Å². The second-order valence-electron chi connectivity index (χ2n) is 9.41. The molecule has 0 aliphatic heterocycles. The second kappa shape index (κ2) is 7.56. The molecule has 1 N–H and O–H groups in total. The van der Waals surface area contributed by atoms with Gasteiger partial charge in [-0.25, -0.2) is 9.07 Å². The SMILES string of the molecule is N#CC[C@]12CC[C@@](O)(C(F)(F)F)C[C@@H]1CCCc1cc3c(cnn3-c3ccc(F)cc3)cc12. The number of nitriles is 1. The number of hydrogen-bond donors (Lipinski definition) is 1. The minimum Gasteiger partial charge on any atom is -0.380 e. The Kier molecular flexibility index (Phi) is 5.02. The van der Waals surface area contributed by atoms with E-state index in [1.165, 1.54) is 12.1 Å². The Labute approximate surface area is 188 Å². The number of aliphatic hydroxyl groups is 1. The van der Waals surface area contributed by atoms with E-state index in [1.807, 2.05) is 12.1 Å². The molecule has 172 valence electrons. The van der Waals surface area contributed by atoms with Crippen LogP contribution < -0.4 is 0 Å². The molecule has 2 aromatic carbocycles. The number of hydrogen-bond acceptors (Lipinski definition) is 3. The van der Waals surface area contributed by atoms with Gasteiger partial charge in [0.1, 0.15) is 5.82 Å². The molecule has 1 saturated carbocycles. The number of alkyl halides is 3. The summed E-state index contributed by atoms with van der Waals surface area (Å²) in [5.41, 5.74) is -0.00219. The van der Waals surface area contributed by atoms with Crippen molar-refractivity contribution in [3.63, 3.8) is 0 Å². The standard InChI is InChI=1S/C25H23F4N3O/c26-19-4-6-20(7-5-19)32-22-13-16-2-1-3-18-14-24(33,25(27,28)29)9-8-23(18,10-11-30)21(16)12-17(22)15-31-32/h4-7,12-13,15,18,33H,1-3,8-10,14H2/t18-,23+,24-/m0/s1. The molecule has 5 rings (SSSR count). The molecule has 0 amide bonds. The third-order valence-electron chi connectivity index (χ3n) is 7.67. The molecule has 0 unspecified atom stereocenters. The van der Waals surface area contributed by atoms with Crippen molar-refractivity contribution in [1.29, 1.82) is 5.26 Å². The van der Waals surface area contributed by atoms with Gasteiger partial charge in [0, 0.05) is 17.2 Å². The minimum absolute atomic E-state index is 0.103. The van der Waals surface area contributed by atoms with Crippen LogP contribution in [0.4, 0.5) is 17.6 Å². The first-order valence-corrected chi connectivity index (χ1v) is 11.1. The predicted octanol–water partition coefficient (Wildman–Crippen LogP) is 5.75. The fourth-order valence-electron chi connectivity index (χ4n) is 5.91. The van der Waals surface area contributed by atoms with Crippen LogP contribution in [0.5, 0.6) is 0 Å². The van der Waals surface area contributed by atoms with Crippen molar-refractivity contribution in [3.8, 4) is 11.8 Å². The van der Waals surface area contributed by atoms with Gasteiger partial charge in [0.25, 0.3) is 0 Å². The lowest BCUT2D eigenvalue weighted by atomic mass is 9.56. The Morgan fingerprint density at radius 2 is 1.94 bits per heavy atom. The molecular weight excluding hydrogens is 434 g/mol. The van der Waals surface area contributed by atoms with Crippen LogP contribution >= 0.6 is 0 Å². The van der Waals surface area contributed by atoms with Gasteiger partial charge in [-0.1, -0.05) is 0 Å². The topological polar surface area (TPSA) is 61.8 Å². The molecule has 1 heterocycles. The van der Waals surface area contributed by atoms with Crippen molar-refractivity contribution in [1.82, 2.24) is 9.78 Å². The van der Waals surface area contributed by atoms with Gasteiger partial charge in [0.15, 0.2) is 5.60 Å². The van der Waals surface area contributed by atoms with Crippen molar-refractivity contribution >= 4 is 10.9 Å². The summed E-state index contributed by atoms with van der Waals surface area (Å²) in [4.78, 5) is 0. The van der Waals surface area contributed by atoms with E-state index in [1.54, 1.807) is 23.0 Å². The number of fused-ring (bicyclic) bond motifs is 4. The van der Waals surface area contributed by atoms with Crippen LogP contribution in [0.3, 0.4) is 0 Å². The average Bonchev–Trinajstić information content (AvgIpc) is 3.11. The quantitative estimate of drug-likeness (QED) is 0.499. The number of aromatic nitrogens is 2. The lowest BCUT2D eigenvalue weighted by Gasteiger charge is -2.49. The van der Waals surface area contributed by atoms with E-state index >= 15 is 0 Å². The van der Waals surface area contributed by atoms with Gasteiger partial charge in [0.05, 0.1) is 23.5 Å². The third kappa shape index (κ3) is 3.41. The van der Waals surface area contributed by atoms with Gasteiger partial charge in [-0.15, -0.1) is 0 Å².